The topological polar surface area (TPSA) is 119 Å². The van der Waals surface area contributed by atoms with Gasteiger partial charge >= 0.3 is 19.8 Å². The number of ether oxygens (including phenoxy) is 2. The molecule has 0 aliphatic rings. The molecule has 0 aromatic carbocycles. The van der Waals surface area contributed by atoms with E-state index in [1.165, 1.54) is 77.0 Å². The summed E-state index contributed by atoms with van der Waals surface area (Å²) in [4.78, 5) is 42.2. The van der Waals surface area contributed by atoms with E-state index in [1.54, 1.807) is 0 Å². The number of rotatable bonds is 27. The number of phosphoric acid groups is 1. The standard InChI is InChI=1S/C28H55O8P/c1-3-5-7-9-11-13-15-16-18-20-22-27(29)34-24-26(25-35-37(31,32)33)36-28(30)23-21-19-17-14-12-10-8-6-4-2/h26H,3-25H2,1-2H3,(H2,31,32,33)/t26-/m1/s1. The number of carbonyl (C=O) groups is 2. The highest BCUT2D eigenvalue weighted by atomic mass is 31.2. The predicted octanol–water partition coefficient (Wildman–Crippen LogP) is 7.78. The van der Waals surface area contributed by atoms with Crippen LogP contribution < -0.4 is 0 Å². The summed E-state index contributed by atoms with van der Waals surface area (Å²) in [5, 5.41) is 0. The van der Waals surface area contributed by atoms with Gasteiger partial charge in [-0.2, -0.15) is 0 Å². The second-order valence-corrected chi connectivity index (χ2v) is 11.3. The second kappa shape index (κ2) is 25.3. The highest BCUT2D eigenvalue weighted by Gasteiger charge is 2.22. The van der Waals surface area contributed by atoms with Gasteiger partial charge in [-0.15, -0.1) is 0 Å². The first-order chi connectivity index (χ1) is 17.8. The van der Waals surface area contributed by atoms with Crippen LogP contribution in [0.2, 0.25) is 0 Å². The molecule has 0 fully saturated rings. The van der Waals surface area contributed by atoms with E-state index in [0.29, 0.717) is 6.42 Å². The summed E-state index contributed by atoms with van der Waals surface area (Å²) < 4.78 is 26.0. The molecule has 0 spiro atoms. The van der Waals surface area contributed by atoms with Crippen molar-refractivity contribution in [3.63, 3.8) is 0 Å². The van der Waals surface area contributed by atoms with Gasteiger partial charge < -0.3 is 19.3 Å². The molecule has 0 saturated carbocycles. The van der Waals surface area contributed by atoms with E-state index in [0.717, 1.165) is 38.5 Å². The molecule has 0 aliphatic carbocycles. The van der Waals surface area contributed by atoms with Crippen LogP contribution in [0.15, 0.2) is 0 Å². The Bertz CT molecular complexity index is 593. The Morgan fingerprint density at radius 2 is 0.973 bits per heavy atom. The van der Waals surface area contributed by atoms with Crippen molar-refractivity contribution >= 4 is 19.8 Å². The molecule has 220 valence electrons. The fraction of sp³-hybridized carbons (Fsp3) is 0.929. The number of unbranched alkanes of at least 4 members (excludes halogenated alkanes) is 17. The molecular formula is C28H55O8P. The lowest BCUT2D eigenvalue weighted by Crippen LogP contribution is -2.29. The molecule has 0 aliphatic heterocycles. The lowest BCUT2D eigenvalue weighted by molar-refractivity contribution is -0.161. The van der Waals surface area contributed by atoms with E-state index in [-0.39, 0.29) is 19.4 Å². The fourth-order valence-electron chi connectivity index (χ4n) is 4.14. The van der Waals surface area contributed by atoms with Crippen molar-refractivity contribution in [2.75, 3.05) is 13.2 Å². The van der Waals surface area contributed by atoms with E-state index in [9.17, 15) is 14.2 Å². The lowest BCUT2D eigenvalue weighted by Gasteiger charge is -2.18. The maximum Gasteiger partial charge on any atom is 0.469 e. The van der Waals surface area contributed by atoms with Gasteiger partial charge in [0.1, 0.15) is 6.61 Å². The van der Waals surface area contributed by atoms with Crippen molar-refractivity contribution in [2.45, 2.75) is 155 Å². The van der Waals surface area contributed by atoms with Gasteiger partial charge in [0.15, 0.2) is 6.10 Å². The monoisotopic (exact) mass is 550 g/mol. The molecule has 0 heterocycles. The van der Waals surface area contributed by atoms with Gasteiger partial charge in [0, 0.05) is 12.8 Å². The van der Waals surface area contributed by atoms with Crippen LogP contribution >= 0.6 is 7.82 Å². The summed E-state index contributed by atoms with van der Waals surface area (Å²) in [7, 11) is -4.73. The Morgan fingerprint density at radius 1 is 0.595 bits per heavy atom. The van der Waals surface area contributed by atoms with Gasteiger partial charge in [0.05, 0.1) is 6.61 Å². The van der Waals surface area contributed by atoms with Gasteiger partial charge in [-0.1, -0.05) is 123 Å². The van der Waals surface area contributed by atoms with Crippen molar-refractivity contribution < 1.29 is 37.9 Å². The molecule has 0 rings (SSSR count). The Morgan fingerprint density at radius 3 is 1.38 bits per heavy atom. The van der Waals surface area contributed by atoms with Crippen LogP contribution in [0.3, 0.4) is 0 Å². The zero-order valence-corrected chi connectivity index (χ0v) is 24.5. The lowest BCUT2D eigenvalue weighted by atomic mass is 10.1. The average molecular weight is 551 g/mol. The zero-order chi connectivity index (χ0) is 27.6. The molecule has 0 aromatic rings. The minimum atomic E-state index is -4.73. The van der Waals surface area contributed by atoms with E-state index in [1.807, 2.05) is 0 Å². The average Bonchev–Trinajstić information content (AvgIpc) is 2.85. The highest BCUT2D eigenvalue weighted by Crippen LogP contribution is 2.35. The normalized spacial score (nSPS) is 12.4. The van der Waals surface area contributed by atoms with Gasteiger partial charge in [-0.3, -0.25) is 14.1 Å². The molecule has 0 saturated heterocycles. The van der Waals surface area contributed by atoms with Crippen LogP contribution in [0.1, 0.15) is 149 Å². The van der Waals surface area contributed by atoms with E-state index < -0.39 is 32.5 Å². The second-order valence-electron chi connectivity index (χ2n) is 10.1. The molecule has 2 N–H and O–H groups in total. The van der Waals surface area contributed by atoms with Crippen LogP contribution in [-0.4, -0.2) is 41.0 Å². The molecule has 0 amide bonds. The molecule has 8 nitrogen and oxygen atoms in total. The summed E-state index contributed by atoms with van der Waals surface area (Å²) in [6, 6.07) is 0. The number of esters is 2. The van der Waals surface area contributed by atoms with Gasteiger partial charge in [-0.25, -0.2) is 4.57 Å². The maximum atomic E-state index is 12.2. The van der Waals surface area contributed by atoms with Gasteiger partial charge in [0.2, 0.25) is 0 Å². The van der Waals surface area contributed by atoms with E-state index in [4.69, 9.17) is 19.3 Å². The van der Waals surface area contributed by atoms with E-state index >= 15 is 0 Å². The van der Waals surface area contributed by atoms with Gasteiger partial charge in [0.25, 0.3) is 0 Å². The summed E-state index contributed by atoms with van der Waals surface area (Å²) in [5.41, 5.74) is 0. The van der Waals surface area contributed by atoms with Crippen molar-refractivity contribution in [2.24, 2.45) is 0 Å². The SMILES string of the molecule is CCCCCCCCCCCCC(=O)OC[C@H](COP(=O)(O)O)OC(=O)CCCCCCCCCCC. The van der Waals surface area contributed by atoms with Crippen molar-refractivity contribution in [1.82, 2.24) is 0 Å². The molecule has 37 heavy (non-hydrogen) atoms. The molecule has 9 heteroatoms. The first-order valence-electron chi connectivity index (χ1n) is 14.8. The smallest absolute Gasteiger partial charge is 0.462 e. The number of carbonyl (C=O) groups excluding carboxylic acids is 2. The van der Waals surface area contributed by atoms with Crippen molar-refractivity contribution in [3.8, 4) is 0 Å². The molecule has 0 aromatic heterocycles. The highest BCUT2D eigenvalue weighted by molar-refractivity contribution is 7.46. The third-order valence-electron chi connectivity index (χ3n) is 6.38. The fourth-order valence-corrected chi connectivity index (χ4v) is 4.50. The Balaban J connectivity index is 4.06. The maximum absolute atomic E-state index is 12.2. The van der Waals surface area contributed by atoms with Crippen LogP contribution in [0.25, 0.3) is 0 Å². The number of phosphoric ester groups is 1. The largest absolute Gasteiger partial charge is 0.469 e. The van der Waals surface area contributed by atoms with Crippen LogP contribution in [0.4, 0.5) is 0 Å². The Labute approximate surface area is 225 Å². The van der Waals surface area contributed by atoms with Crippen LogP contribution in [0, 0.1) is 0 Å². The molecule has 0 bridgehead atoms. The summed E-state index contributed by atoms with van der Waals surface area (Å²) in [6.45, 7) is 3.61. The third kappa shape index (κ3) is 27.9. The minimum Gasteiger partial charge on any atom is -0.462 e. The molecule has 0 unspecified atom stereocenters. The predicted molar refractivity (Wildman–Crippen MR) is 147 cm³/mol. The van der Waals surface area contributed by atoms with Crippen molar-refractivity contribution in [1.29, 1.82) is 0 Å². The third-order valence-corrected chi connectivity index (χ3v) is 6.86. The van der Waals surface area contributed by atoms with Gasteiger partial charge in [-0.05, 0) is 12.8 Å². The zero-order valence-electron chi connectivity index (χ0n) is 23.6. The number of hydrogen-bond acceptors (Lipinski definition) is 6. The summed E-state index contributed by atoms with van der Waals surface area (Å²) in [6.07, 6.45) is 21.2. The first kappa shape index (κ1) is 36.0. The van der Waals surface area contributed by atoms with Crippen molar-refractivity contribution in [3.05, 3.63) is 0 Å². The van der Waals surface area contributed by atoms with E-state index in [2.05, 4.69) is 18.4 Å². The quantitative estimate of drug-likeness (QED) is 0.0604. The molecule has 0 radical (unpaired) electrons. The van der Waals surface area contributed by atoms with Crippen LogP contribution in [-0.2, 0) is 28.2 Å². The Kier molecular flexibility index (Phi) is 24.7. The molecular weight excluding hydrogens is 495 g/mol. The Hall–Kier alpha value is -0.950. The molecule has 1 atom stereocenters. The first-order valence-corrected chi connectivity index (χ1v) is 16.4. The minimum absolute atomic E-state index is 0.217. The summed E-state index contributed by atoms with van der Waals surface area (Å²) >= 11 is 0. The summed E-state index contributed by atoms with van der Waals surface area (Å²) in [5.74, 6) is -0.885. The number of hydrogen-bond donors (Lipinski definition) is 2. The van der Waals surface area contributed by atoms with Crippen LogP contribution in [0.5, 0.6) is 0 Å².